The van der Waals surface area contributed by atoms with Crippen molar-refractivity contribution in [2.24, 2.45) is 20.5 Å². The Kier molecular flexibility index (Phi) is 13.9. The fourth-order valence-corrected chi connectivity index (χ4v) is 13.7. The molecule has 0 amide bonds. The molecule has 0 bridgehead atoms. The van der Waals surface area contributed by atoms with Gasteiger partial charge in [-0.05, 0) is 241 Å². The van der Waals surface area contributed by atoms with Crippen LogP contribution in [0.4, 0.5) is 22.7 Å². The Morgan fingerprint density at radius 3 is 1.39 bits per heavy atom. The molecule has 2 N–H and O–H groups in total. The van der Waals surface area contributed by atoms with Gasteiger partial charge in [0.05, 0.1) is 32.5 Å². The molecule has 10 nitrogen and oxygen atoms in total. The van der Waals surface area contributed by atoms with Gasteiger partial charge in [0.15, 0.2) is 0 Å². The van der Waals surface area contributed by atoms with Crippen molar-refractivity contribution in [2.75, 3.05) is 0 Å². The molecule has 0 fully saturated rings. The van der Waals surface area contributed by atoms with Gasteiger partial charge in [-0.1, -0.05) is 142 Å². The Balaban J connectivity index is 0.000000148. The molecule has 414 valence electrons. The van der Waals surface area contributed by atoms with Gasteiger partial charge in [-0.3, -0.25) is 9.11 Å². The van der Waals surface area contributed by atoms with Crippen molar-refractivity contribution in [2.45, 2.75) is 55.7 Å². The monoisotopic (exact) mass is 1180 g/mol. The summed E-state index contributed by atoms with van der Waals surface area (Å²) in [5, 5.41) is 40.8. The molecule has 0 spiro atoms. The predicted octanol–water partition coefficient (Wildman–Crippen LogP) is 18.4. The number of azo groups is 2. The molecule has 0 aliphatic heterocycles. The SMILES string of the molecule is CCC.O=S(=O)(O)c1ccc(N=Nc2ccc(-c3c4c5c(ccc6cc7cccc8ccc3c(c87)c65)CCC=4)cc2)cc1.O=S(=O)(O)c1ccc(N=Nc2ccc(-c3c4cccc5ccc6cc7c8c(ccc3c8c6c54)CCC=7)cc2)cc1.[Ni]. The number of benzene rings is 14. The van der Waals surface area contributed by atoms with E-state index in [1.165, 1.54) is 174 Å². The van der Waals surface area contributed by atoms with Crippen molar-refractivity contribution in [1.29, 1.82) is 0 Å². The summed E-state index contributed by atoms with van der Waals surface area (Å²) in [7, 11) is -8.48. The number of aryl methyl sites for hydroxylation is 2. The molecule has 0 heterocycles. The molecular weight excluding hydrogens is 1130 g/mol. The molecule has 16 rings (SSSR count). The average molecular weight is 1180 g/mol. The van der Waals surface area contributed by atoms with E-state index in [0.29, 0.717) is 22.7 Å². The van der Waals surface area contributed by atoms with Gasteiger partial charge in [-0.25, -0.2) is 0 Å². The Morgan fingerprint density at radius 2 is 0.786 bits per heavy atom. The summed E-state index contributed by atoms with van der Waals surface area (Å²) in [5.74, 6) is 0. The van der Waals surface area contributed by atoms with E-state index < -0.39 is 20.2 Å². The second-order valence-electron chi connectivity index (χ2n) is 21.5. The Morgan fingerprint density at radius 1 is 0.381 bits per heavy atom. The molecule has 2 aliphatic carbocycles. The van der Waals surface area contributed by atoms with Crippen LogP contribution >= 0.6 is 0 Å². The summed E-state index contributed by atoms with van der Waals surface area (Å²) in [5.41, 5.74) is 9.93. The maximum Gasteiger partial charge on any atom is 0.294 e. The van der Waals surface area contributed by atoms with Crippen molar-refractivity contribution in [3.63, 3.8) is 0 Å². The van der Waals surface area contributed by atoms with Gasteiger partial charge in [0, 0.05) is 16.5 Å². The summed E-state index contributed by atoms with van der Waals surface area (Å²) >= 11 is 0. The molecule has 2 aliphatic rings. The smallest absolute Gasteiger partial charge is 0.282 e. The first kappa shape index (κ1) is 54.4. The van der Waals surface area contributed by atoms with E-state index in [2.05, 4.69) is 168 Å². The van der Waals surface area contributed by atoms with E-state index in [4.69, 9.17) is 0 Å². The van der Waals surface area contributed by atoms with E-state index in [1.54, 1.807) is 0 Å². The van der Waals surface area contributed by atoms with Crippen LogP contribution in [0.3, 0.4) is 0 Å². The molecule has 0 saturated heterocycles. The second-order valence-corrected chi connectivity index (χ2v) is 24.3. The molecule has 14 aromatic carbocycles. The van der Waals surface area contributed by atoms with Gasteiger partial charge in [-0.15, -0.1) is 0 Å². The van der Waals surface area contributed by atoms with E-state index in [-0.39, 0.29) is 26.3 Å². The quantitative estimate of drug-likeness (QED) is 0.0507. The van der Waals surface area contributed by atoms with Gasteiger partial charge in [0.25, 0.3) is 20.2 Å². The maximum atomic E-state index is 11.3. The van der Waals surface area contributed by atoms with Gasteiger partial charge in [-0.2, -0.15) is 37.3 Å². The van der Waals surface area contributed by atoms with E-state index >= 15 is 0 Å². The van der Waals surface area contributed by atoms with Crippen LogP contribution in [0.2, 0.25) is 0 Å². The van der Waals surface area contributed by atoms with Gasteiger partial charge >= 0.3 is 0 Å². The number of nitrogens with zero attached hydrogens (tertiary/aromatic N) is 4. The van der Waals surface area contributed by atoms with Crippen LogP contribution in [-0.4, -0.2) is 25.9 Å². The largest absolute Gasteiger partial charge is 0.294 e. The fraction of sp³-hybridized carbons (Fsp3) is 0.0986. The molecule has 13 heteroatoms. The zero-order chi connectivity index (χ0) is 56.7. The minimum Gasteiger partial charge on any atom is -0.282 e. The first-order valence-corrected chi connectivity index (χ1v) is 30.7. The Hall–Kier alpha value is -8.81. The number of hydrogen-bond acceptors (Lipinski definition) is 8. The van der Waals surface area contributed by atoms with Gasteiger partial charge in [0.1, 0.15) is 0 Å². The van der Waals surface area contributed by atoms with Crippen molar-refractivity contribution in [3.8, 4) is 22.3 Å². The summed E-state index contributed by atoms with van der Waals surface area (Å²) in [6.45, 7) is 4.25. The molecule has 14 aromatic rings. The maximum absolute atomic E-state index is 11.3. The molecular formula is C71H52N4NiO6S2. The summed E-state index contributed by atoms with van der Waals surface area (Å²) in [6.07, 6.45) is 10.2. The van der Waals surface area contributed by atoms with Gasteiger partial charge < -0.3 is 0 Å². The van der Waals surface area contributed by atoms with Crippen LogP contribution in [0.1, 0.15) is 44.2 Å². The number of rotatable bonds is 8. The molecule has 0 saturated carbocycles. The normalized spacial score (nSPS) is 13.3. The average Bonchev–Trinajstić information content (AvgIpc) is 0.747. The summed E-state index contributed by atoms with van der Waals surface area (Å²) in [4.78, 5) is -0.349. The second kappa shape index (κ2) is 21.4. The molecule has 84 heavy (non-hydrogen) atoms. The Labute approximate surface area is 494 Å². The van der Waals surface area contributed by atoms with Crippen LogP contribution in [0.25, 0.3) is 121 Å². The van der Waals surface area contributed by atoms with Crippen LogP contribution in [0, 0.1) is 0 Å². The van der Waals surface area contributed by atoms with E-state index in [9.17, 15) is 25.9 Å². The van der Waals surface area contributed by atoms with E-state index in [1.807, 2.05) is 24.3 Å². The Bertz CT molecular complexity index is 5350. The third kappa shape index (κ3) is 9.42. The predicted molar refractivity (Wildman–Crippen MR) is 339 cm³/mol. The van der Waals surface area contributed by atoms with Crippen molar-refractivity contribution >= 4 is 141 Å². The molecule has 0 radical (unpaired) electrons. The minimum absolute atomic E-state index is 0. The topological polar surface area (TPSA) is 158 Å². The van der Waals surface area contributed by atoms with Crippen molar-refractivity contribution in [3.05, 3.63) is 216 Å². The zero-order valence-corrected chi connectivity index (χ0v) is 48.2. The van der Waals surface area contributed by atoms with Crippen molar-refractivity contribution < 1.29 is 42.4 Å². The standard InChI is InChI=1S/2C34H22N2O3S.C3H8.Ni/c2*37-40(38,39)27-16-14-26(15-17-27)36-35-25-12-9-22(10-13-25)31-28-6-2-4-21-7-8-24-19-23-5-1-3-20-11-18-29(31)34(30(20)23)33(24)32(21)28;1-3-2;/h2,4-19H,1,3H2,(H,37,38,39);1,3,5-19H,2,4H2,(H,37,38,39);3H2,1-2H3;. The van der Waals surface area contributed by atoms with Crippen LogP contribution < -0.4 is 10.4 Å². The number of hydrogen-bond donors (Lipinski definition) is 2. The fourth-order valence-electron chi connectivity index (χ4n) is 12.8. The van der Waals surface area contributed by atoms with Crippen LogP contribution in [-0.2, 0) is 49.6 Å². The summed E-state index contributed by atoms with van der Waals surface area (Å²) < 4.78 is 63.4. The minimum atomic E-state index is -4.24. The molecule has 0 unspecified atom stereocenters. The van der Waals surface area contributed by atoms with Gasteiger partial charge in [0.2, 0.25) is 0 Å². The first-order chi connectivity index (χ1) is 40.3. The first-order valence-electron chi connectivity index (χ1n) is 27.8. The molecule has 0 atom stereocenters. The van der Waals surface area contributed by atoms with Crippen molar-refractivity contribution in [1.82, 2.24) is 0 Å². The third-order valence-electron chi connectivity index (χ3n) is 16.2. The summed E-state index contributed by atoms with van der Waals surface area (Å²) in [6, 6.07) is 63.5. The van der Waals surface area contributed by atoms with E-state index in [0.717, 1.165) is 36.8 Å². The third-order valence-corrected chi connectivity index (χ3v) is 17.9. The van der Waals surface area contributed by atoms with Crippen LogP contribution in [0.5, 0.6) is 0 Å². The van der Waals surface area contributed by atoms with Crippen LogP contribution in [0.15, 0.2) is 224 Å². The zero-order valence-electron chi connectivity index (χ0n) is 45.6. The molecule has 0 aromatic heterocycles.